The number of hydrogen-bond acceptors (Lipinski definition) is 10. The van der Waals surface area contributed by atoms with E-state index in [4.69, 9.17) is 9.47 Å². The average Bonchev–Trinajstić information content (AvgIpc) is 3.40. The molecule has 0 saturated carbocycles. The summed E-state index contributed by atoms with van der Waals surface area (Å²) in [5.74, 6) is 0.0543. The fourth-order valence-electron chi connectivity index (χ4n) is 3.73. The van der Waals surface area contributed by atoms with Crippen molar-refractivity contribution in [3.63, 3.8) is 0 Å². The molecule has 0 aliphatic heterocycles. The van der Waals surface area contributed by atoms with Gasteiger partial charge in [0.25, 0.3) is 5.91 Å². The van der Waals surface area contributed by atoms with Gasteiger partial charge in [-0.2, -0.15) is 0 Å². The van der Waals surface area contributed by atoms with Crippen LogP contribution in [0, 0.1) is 5.82 Å². The number of pyridine rings is 1. The molecular formula is C24H25FN8O5S. The van der Waals surface area contributed by atoms with Gasteiger partial charge in [-0.15, -0.1) is 10.2 Å². The number of carbonyl (C=O) groups is 1. The number of nitrogens with one attached hydrogen (secondary N) is 2. The molecule has 0 saturated heterocycles. The second-order valence-corrected chi connectivity index (χ2v) is 10.3. The molecule has 15 heteroatoms. The van der Waals surface area contributed by atoms with Crippen molar-refractivity contribution in [2.24, 2.45) is 0 Å². The lowest BCUT2D eigenvalue weighted by molar-refractivity contribution is 0.0959. The van der Waals surface area contributed by atoms with Gasteiger partial charge in [0.2, 0.25) is 10.0 Å². The van der Waals surface area contributed by atoms with E-state index in [2.05, 4.69) is 35.3 Å². The summed E-state index contributed by atoms with van der Waals surface area (Å²) in [5, 5.41) is 9.47. The number of carbonyl (C=O) groups excluding carboxylic acids is 1. The van der Waals surface area contributed by atoms with Gasteiger partial charge in [0, 0.05) is 30.8 Å². The van der Waals surface area contributed by atoms with Crippen molar-refractivity contribution < 1.29 is 27.1 Å². The lowest BCUT2D eigenvalue weighted by atomic mass is 9.99. The number of methoxy groups -OCH3 is 2. The third-order valence-electron chi connectivity index (χ3n) is 5.73. The maximum absolute atomic E-state index is 13.1. The van der Waals surface area contributed by atoms with Gasteiger partial charge in [0.15, 0.2) is 11.6 Å². The molecule has 1 amide bonds. The van der Waals surface area contributed by atoms with Gasteiger partial charge in [0.1, 0.15) is 29.3 Å². The highest BCUT2D eigenvalue weighted by atomic mass is 32.2. The summed E-state index contributed by atoms with van der Waals surface area (Å²) in [6.45, 7) is 1.46. The summed E-state index contributed by atoms with van der Waals surface area (Å²) < 4.78 is 51.4. The first kappa shape index (κ1) is 27.4. The summed E-state index contributed by atoms with van der Waals surface area (Å²) in [4.78, 5) is 27.1. The number of hydrogen-bond donors (Lipinski definition) is 2. The van der Waals surface area contributed by atoms with Crippen molar-refractivity contribution in [3.05, 3.63) is 66.5 Å². The first-order chi connectivity index (χ1) is 18.7. The van der Waals surface area contributed by atoms with Gasteiger partial charge >= 0.3 is 0 Å². The van der Waals surface area contributed by atoms with Crippen LogP contribution in [-0.4, -0.2) is 70.7 Å². The zero-order valence-corrected chi connectivity index (χ0v) is 22.2. The zero-order chi connectivity index (χ0) is 28.2. The molecule has 4 aromatic rings. The maximum Gasteiger partial charge on any atom is 0.270 e. The van der Waals surface area contributed by atoms with Gasteiger partial charge in [-0.3, -0.25) is 4.79 Å². The van der Waals surface area contributed by atoms with E-state index in [1.165, 1.54) is 40.7 Å². The van der Waals surface area contributed by atoms with Crippen LogP contribution in [0.15, 0.2) is 49.2 Å². The fraction of sp³-hybridized carbons (Fsp3) is 0.250. The second-order valence-electron chi connectivity index (χ2n) is 8.23. The SMILES string of the molecule is CNC(=O)c1ncc(-c2nncn2NS(=O)(=O)[C@H](C)Cc2ncc(F)cn2)cc1-c1c(OC)cccc1OC. The molecule has 0 radical (unpaired) electrons. The smallest absolute Gasteiger partial charge is 0.270 e. The summed E-state index contributed by atoms with van der Waals surface area (Å²) in [5.41, 5.74) is 1.26. The molecule has 3 aromatic heterocycles. The molecule has 13 nitrogen and oxygen atoms in total. The van der Waals surface area contributed by atoms with Gasteiger partial charge in [-0.05, 0) is 25.1 Å². The van der Waals surface area contributed by atoms with E-state index in [1.807, 2.05) is 0 Å². The van der Waals surface area contributed by atoms with Gasteiger partial charge in [-0.25, -0.2) is 37.3 Å². The molecule has 0 aliphatic rings. The van der Waals surface area contributed by atoms with Crippen molar-refractivity contribution in [2.75, 3.05) is 26.1 Å². The van der Waals surface area contributed by atoms with Crippen LogP contribution in [0.3, 0.4) is 0 Å². The highest BCUT2D eigenvalue weighted by Gasteiger charge is 2.26. The third-order valence-corrected chi connectivity index (χ3v) is 7.41. The standard InChI is InChI=1S/C24H25FN8O5S/c1-14(8-20-27-11-16(25)12-28-20)39(35,36)32-33-13-30-31-23(33)15-9-17(22(29-10-15)24(34)26-2)21-18(37-3)6-5-7-19(21)38-4/h5-7,9-14,32H,8H2,1-4H3,(H,26,34)/t14-/m1/s1. The molecule has 2 N–H and O–H groups in total. The molecule has 0 aliphatic carbocycles. The molecular weight excluding hydrogens is 531 g/mol. The molecule has 39 heavy (non-hydrogen) atoms. The van der Waals surface area contributed by atoms with Gasteiger partial charge < -0.3 is 14.8 Å². The number of amides is 1. The molecule has 1 atom stereocenters. The topological polar surface area (TPSA) is 163 Å². The van der Waals surface area contributed by atoms with Crippen molar-refractivity contribution in [3.8, 4) is 34.0 Å². The molecule has 1 aromatic carbocycles. The summed E-state index contributed by atoms with van der Waals surface area (Å²) >= 11 is 0. The summed E-state index contributed by atoms with van der Waals surface area (Å²) in [7, 11) is 0.450. The number of rotatable bonds is 10. The van der Waals surface area contributed by atoms with Gasteiger partial charge in [0.05, 0.1) is 37.4 Å². The van der Waals surface area contributed by atoms with Gasteiger partial charge in [-0.1, -0.05) is 6.07 Å². The molecule has 0 spiro atoms. The van der Waals surface area contributed by atoms with Crippen LogP contribution in [0.5, 0.6) is 11.5 Å². The molecule has 0 bridgehead atoms. The normalized spacial score (nSPS) is 12.0. The lowest BCUT2D eigenvalue weighted by Gasteiger charge is -2.17. The van der Waals surface area contributed by atoms with Crippen LogP contribution < -0.4 is 19.6 Å². The molecule has 3 heterocycles. The lowest BCUT2D eigenvalue weighted by Crippen LogP contribution is -2.33. The Morgan fingerprint density at radius 2 is 1.77 bits per heavy atom. The van der Waals surface area contributed by atoms with E-state index >= 15 is 0 Å². The van der Waals surface area contributed by atoms with Crippen LogP contribution >= 0.6 is 0 Å². The first-order valence-corrected chi connectivity index (χ1v) is 13.0. The van der Waals surface area contributed by atoms with Crippen LogP contribution in [0.4, 0.5) is 4.39 Å². The third kappa shape index (κ3) is 5.77. The first-order valence-electron chi connectivity index (χ1n) is 11.5. The monoisotopic (exact) mass is 556 g/mol. The Labute approximate surface area is 223 Å². The number of benzene rings is 1. The van der Waals surface area contributed by atoms with Crippen molar-refractivity contribution in [2.45, 2.75) is 18.6 Å². The van der Waals surface area contributed by atoms with E-state index in [0.29, 0.717) is 28.2 Å². The average molecular weight is 557 g/mol. The zero-order valence-electron chi connectivity index (χ0n) is 21.4. The van der Waals surface area contributed by atoms with Crippen LogP contribution in [0.25, 0.3) is 22.5 Å². The Balaban J connectivity index is 1.73. The Morgan fingerprint density at radius 1 is 1.10 bits per heavy atom. The molecule has 4 rings (SSSR count). The summed E-state index contributed by atoms with van der Waals surface area (Å²) in [6.07, 6.45) is 4.44. The van der Waals surface area contributed by atoms with Crippen molar-refractivity contribution >= 4 is 15.9 Å². The van der Waals surface area contributed by atoms with Crippen molar-refractivity contribution in [1.29, 1.82) is 0 Å². The molecule has 0 unspecified atom stereocenters. The number of aromatic nitrogens is 6. The molecule has 0 fully saturated rings. The van der Waals surface area contributed by atoms with Crippen molar-refractivity contribution in [1.82, 2.24) is 35.1 Å². The Kier molecular flexibility index (Phi) is 7.99. The van der Waals surface area contributed by atoms with E-state index in [0.717, 1.165) is 17.1 Å². The predicted octanol–water partition coefficient (Wildman–Crippen LogP) is 1.82. The minimum atomic E-state index is -4.00. The number of sulfonamides is 1. The minimum absolute atomic E-state index is 0.0623. The van der Waals surface area contributed by atoms with E-state index in [9.17, 15) is 17.6 Å². The summed E-state index contributed by atoms with van der Waals surface area (Å²) in [6, 6.07) is 6.77. The van der Waals surface area contributed by atoms with Crippen LogP contribution in [0.1, 0.15) is 23.2 Å². The Bertz CT molecular complexity index is 1570. The fourth-order valence-corrected chi connectivity index (χ4v) is 4.69. The van der Waals surface area contributed by atoms with Crippen LogP contribution in [-0.2, 0) is 16.4 Å². The highest BCUT2D eigenvalue weighted by Crippen LogP contribution is 2.40. The largest absolute Gasteiger partial charge is 0.496 e. The Hall–Kier alpha value is -4.66. The van der Waals surface area contributed by atoms with Crippen LogP contribution in [0.2, 0.25) is 0 Å². The maximum atomic E-state index is 13.1. The van der Waals surface area contributed by atoms with E-state index in [1.54, 1.807) is 24.3 Å². The Morgan fingerprint density at radius 3 is 2.38 bits per heavy atom. The highest BCUT2D eigenvalue weighted by molar-refractivity contribution is 7.92. The predicted molar refractivity (Wildman–Crippen MR) is 139 cm³/mol. The van der Waals surface area contributed by atoms with E-state index in [-0.39, 0.29) is 23.8 Å². The quantitative estimate of drug-likeness (QED) is 0.294. The number of nitrogens with zero attached hydrogens (tertiary/aromatic N) is 6. The number of ether oxygens (including phenoxy) is 2. The minimum Gasteiger partial charge on any atom is -0.496 e. The number of halogens is 1. The van der Waals surface area contributed by atoms with E-state index < -0.39 is 27.0 Å². The second kappa shape index (κ2) is 11.4. The molecule has 204 valence electrons.